The largest absolute Gasteiger partial charge is 0.375 e. The number of anilines is 1. The van der Waals surface area contributed by atoms with Gasteiger partial charge in [-0.2, -0.15) is 0 Å². The van der Waals surface area contributed by atoms with Crippen LogP contribution < -0.4 is 4.90 Å². The van der Waals surface area contributed by atoms with E-state index in [2.05, 4.69) is 47.7 Å². The van der Waals surface area contributed by atoms with Crippen LogP contribution in [0.25, 0.3) is 0 Å². The van der Waals surface area contributed by atoms with Crippen molar-refractivity contribution in [1.82, 2.24) is 4.57 Å². The number of para-hydroxylation sites is 1. The van der Waals surface area contributed by atoms with Crippen LogP contribution in [0.4, 0.5) is 5.69 Å². The van der Waals surface area contributed by atoms with E-state index in [1.54, 1.807) is 0 Å². The van der Waals surface area contributed by atoms with Gasteiger partial charge in [-0.3, -0.25) is 4.79 Å². The molecule has 0 amide bonds. The highest BCUT2D eigenvalue weighted by Gasteiger charge is 2.08. The van der Waals surface area contributed by atoms with Crippen molar-refractivity contribution in [2.75, 3.05) is 18.5 Å². The highest BCUT2D eigenvalue weighted by atomic mass is 16.1. The van der Waals surface area contributed by atoms with Crippen molar-refractivity contribution in [1.29, 1.82) is 0 Å². The molecule has 1 aromatic carbocycles. The van der Waals surface area contributed by atoms with Crippen LogP contribution in [0.1, 0.15) is 28.2 Å². The second kappa shape index (κ2) is 6.42. The summed E-state index contributed by atoms with van der Waals surface area (Å²) in [5.41, 5.74) is 4.27. The molecule has 0 spiro atoms. The summed E-state index contributed by atoms with van der Waals surface area (Å²) >= 11 is 0. The van der Waals surface area contributed by atoms with Crippen molar-refractivity contribution in [2.24, 2.45) is 0 Å². The lowest BCUT2D eigenvalue weighted by Gasteiger charge is -2.20. The average Bonchev–Trinajstić information content (AvgIpc) is 2.75. The zero-order valence-corrected chi connectivity index (χ0v) is 12.5. The van der Waals surface area contributed by atoms with Crippen LogP contribution in [0.15, 0.2) is 36.4 Å². The minimum atomic E-state index is 0.805. The first-order chi connectivity index (χ1) is 9.63. The molecule has 0 saturated heterocycles. The van der Waals surface area contributed by atoms with Gasteiger partial charge in [0.1, 0.15) is 0 Å². The Balaban J connectivity index is 1.93. The quantitative estimate of drug-likeness (QED) is 0.751. The molecule has 0 radical (unpaired) electrons. The minimum absolute atomic E-state index is 0.805. The standard InChI is InChI=1S/C17H22N2O/c1-14-12-16(13-20)15(2)19(14)11-7-10-18(3)17-8-5-4-6-9-17/h4-6,8-9,12-13H,7,10-11H2,1-3H3. The van der Waals surface area contributed by atoms with Crippen LogP contribution in [0.5, 0.6) is 0 Å². The van der Waals surface area contributed by atoms with Crippen LogP contribution in [0.3, 0.4) is 0 Å². The Kier molecular flexibility index (Phi) is 4.61. The third kappa shape index (κ3) is 3.10. The normalized spacial score (nSPS) is 10.6. The zero-order valence-electron chi connectivity index (χ0n) is 12.5. The summed E-state index contributed by atoms with van der Waals surface area (Å²) in [4.78, 5) is 13.2. The number of aryl methyl sites for hydroxylation is 1. The molecule has 0 saturated carbocycles. The number of hydrogen-bond donors (Lipinski definition) is 0. The second-order valence-corrected chi connectivity index (χ2v) is 5.21. The lowest BCUT2D eigenvalue weighted by Crippen LogP contribution is -2.20. The number of hydrogen-bond acceptors (Lipinski definition) is 2. The molecule has 0 bridgehead atoms. The summed E-state index contributed by atoms with van der Waals surface area (Å²) < 4.78 is 2.22. The summed E-state index contributed by atoms with van der Waals surface area (Å²) in [5, 5.41) is 0. The van der Waals surface area contributed by atoms with Crippen LogP contribution in [0.2, 0.25) is 0 Å². The van der Waals surface area contributed by atoms with E-state index in [1.807, 2.05) is 19.1 Å². The van der Waals surface area contributed by atoms with Gasteiger partial charge in [0.25, 0.3) is 0 Å². The third-order valence-electron chi connectivity index (χ3n) is 3.81. The maximum Gasteiger partial charge on any atom is 0.151 e. The summed E-state index contributed by atoms with van der Waals surface area (Å²) in [7, 11) is 2.11. The van der Waals surface area contributed by atoms with Crippen LogP contribution in [-0.4, -0.2) is 24.4 Å². The topological polar surface area (TPSA) is 25.2 Å². The van der Waals surface area contributed by atoms with Gasteiger partial charge in [-0.25, -0.2) is 0 Å². The molecule has 2 rings (SSSR count). The van der Waals surface area contributed by atoms with Gasteiger partial charge in [-0.15, -0.1) is 0 Å². The van der Waals surface area contributed by atoms with Crippen LogP contribution in [0, 0.1) is 13.8 Å². The van der Waals surface area contributed by atoms with Gasteiger partial charge in [0.05, 0.1) is 0 Å². The van der Waals surface area contributed by atoms with Crippen molar-refractivity contribution < 1.29 is 4.79 Å². The second-order valence-electron chi connectivity index (χ2n) is 5.21. The summed E-state index contributed by atoms with van der Waals surface area (Å²) in [6.45, 7) is 6.01. The van der Waals surface area contributed by atoms with E-state index in [4.69, 9.17) is 0 Å². The molecular weight excluding hydrogens is 248 g/mol. The van der Waals surface area contributed by atoms with Crippen LogP contribution >= 0.6 is 0 Å². The molecule has 3 nitrogen and oxygen atoms in total. The monoisotopic (exact) mass is 270 g/mol. The number of aldehydes is 1. The van der Waals surface area contributed by atoms with Gasteiger partial charge in [0, 0.05) is 42.8 Å². The number of benzene rings is 1. The predicted molar refractivity (Wildman–Crippen MR) is 83.6 cm³/mol. The molecule has 0 fully saturated rings. The smallest absolute Gasteiger partial charge is 0.151 e. The molecule has 2 aromatic rings. The van der Waals surface area contributed by atoms with Crippen molar-refractivity contribution in [3.05, 3.63) is 53.3 Å². The molecule has 0 aliphatic heterocycles. The number of carbonyl (C=O) groups excluding carboxylic acids is 1. The van der Waals surface area contributed by atoms with E-state index in [1.165, 1.54) is 5.69 Å². The van der Waals surface area contributed by atoms with E-state index in [-0.39, 0.29) is 0 Å². The fourth-order valence-electron chi connectivity index (χ4n) is 2.57. The van der Waals surface area contributed by atoms with Gasteiger partial charge < -0.3 is 9.47 Å². The molecule has 106 valence electrons. The molecule has 3 heteroatoms. The lowest BCUT2D eigenvalue weighted by atomic mass is 10.2. The maximum atomic E-state index is 10.9. The summed E-state index contributed by atoms with van der Waals surface area (Å²) in [6, 6.07) is 12.4. The van der Waals surface area contributed by atoms with E-state index in [9.17, 15) is 4.79 Å². The average molecular weight is 270 g/mol. The maximum absolute atomic E-state index is 10.9. The predicted octanol–water partition coefficient (Wildman–Crippen LogP) is 3.44. The van der Waals surface area contributed by atoms with Gasteiger partial charge in [-0.1, -0.05) is 18.2 Å². The Hall–Kier alpha value is -2.03. The summed E-state index contributed by atoms with van der Waals surface area (Å²) in [5.74, 6) is 0. The minimum Gasteiger partial charge on any atom is -0.375 e. The zero-order chi connectivity index (χ0) is 14.5. The van der Waals surface area contributed by atoms with Gasteiger partial charge in [0.15, 0.2) is 6.29 Å². The highest BCUT2D eigenvalue weighted by molar-refractivity contribution is 5.77. The first kappa shape index (κ1) is 14.4. The van der Waals surface area contributed by atoms with Crippen molar-refractivity contribution in [2.45, 2.75) is 26.8 Å². The van der Waals surface area contributed by atoms with Gasteiger partial charge in [-0.05, 0) is 38.5 Å². The van der Waals surface area contributed by atoms with Crippen molar-refractivity contribution >= 4 is 12.0 Å². The first-order valence-electron chi connectivity index (χ1n) is 7.01. The van der Waals surface area contributed by atoms with E-state index >= 15 is 0 Å². The van der Waals surface area contributed by atoms with E-state index in [0.29, 0.717) is 0 Å². The number of carbonyl (C=O) groups is 1. The molecule has 20 heavy (non-hydrogen) atoms. The van der Waals surface area contributed by atoms with Crippen LogP contribution in [-0.2, 0) is 6.54 Å². The van der Waals surface area contributed by atoms with Crippen molar-refractivity contribution in [3.8, 4) is 0 Å². The molecule has 0 aliphatic rings. The third-order valence-corrected chi connectivity index (χ3v) is 3.81. The molecule has 0 atom stereocenters. The lowest BCUT2D eigenvalue weighted by molar-refractivity contribution is 0.112. The Morgan fingerprint density at radius 1 is 1.20 bits per heavy atom. The first-order valence-corrected chi connectivity index (χ1v) is 7.01. The molecule has 0 aliphatic carbocycles. The van der Waals surface area contributed by atoms with Gasteiger partial charge >= 0.3 is 0 Å². The Labute approximate surface area is 120 Å². The number of rotatable bonds is 6. The fourth-order valence-corrected chi connectivity index (χ4v) is 2.57. The van der Waals surface area contributed by atoms with Gasteiger partial charge in [0.2, 0.25) is 0 Å². The molecule has 1 aromatic heterocycles. The molecule has 0 unspecified atom stereocenters. The number of aromatic nitrogens is 1. The summed E-state index contributed by atoms with van der Waals surface area (Å²) in [6.07, 6.45) is 2.00. The molecule has 1 heterocycles. The molecule has 0 N–H and O–H groups in total. The van der Waals surface area contributed by atoms with E-state index in [0.717, 1.165) is 42.7 Å². The van der Waals surface area contributed by atoms with Crippen molar-refractivity contribution in [3.63, 3.8) is 0 Å². The highest BCUT2D eigenvalue weighted by Crippen LogP contribution is 2.15. The fraction of sp³-hybridized carbons (Fsp3) is 0.353. The Morgan fingerprint density at radius 3 is 2.50 bits per heavy atom. The number of nitrogens with zero attached hydrogens (tertiary/aromatic N) is 2. The SMILES string of the molecule is Cc1cc(C=O)c(C)n1CCCN(C)c1ccccc1. The van der Waals surface area contributed by atoms with E-state index < -0.39 is 0 Å². The molecular formula is C17H22N2O. The Morgan fingerprint density at radius 2 is 1.90 bits per heavy atom. The Bertz CT molecular complexity index is 572.